The summed E-state index contributed by atoms with van der Waals surface area (Å²) >= 11 is 0. The third kappa shape index (κ3) is 5.74. The number of unbranched alkanes of at least 4 members (excludes halogenated alkanes) is 2. The Labute approximate surface area is 152 Å². The van der Waals surface area contributed by atoms with Crippen LogP contribution in [-0.4, -0.2) is 22.3 Å². The van der Waals surface area contributed by atoms with Gasteiger partial charge in [0.15, 0.2) is 0 Å². The van der Waals surface area contributed by atoms with Crippen LogP contribution in [-0.2, 0) is 6.54 Å². The molecule has 0 bridgehead atoms. The highest BCUT2D eigenvalue weighted by Crippen LogP contribution is 2.18. The summed E-state index contributed by atoms with van der Waals surface area (Å²) in [6.07, 6.45) is 2.85. The van der Waals surface area contributed by atoms with Crippen LogP contribution in [0.4, 0.5) is 5.69 Å². The van der Waals surface area contributed by atoms with Gasteiger partial charge in [0, 0.05) is 30.8 Å². The van der Waals surface area contributed by atoms with Gasteiger partial charge < -0.3 is 10.1 Å². The third-order valence-electron chi connectivity index (χ3n) is 3.62. The SMILES string of the molecule is CCCCn1nc(C(=O)Nc2cccc(OCCCC#N)c2)ccc1=O. The first kappa shape index (κ1) is 19.2. The Morgan fingerprint density at radius 3 is 2.92 bits per heavy atom. The van der Waals surface area contributed by atoms with E-state index in [0.29, 0.717) is 37.4 Å². The molecule has 7 nitrogen and oxygen atoms in total. The molecular weight excluding hydrogens is 332 g/mol. The number of aryl methyl sites for hydroxylation is 1. The van der Waals surface area contributed by atoms with E-state index in [1.165, 1.54) is 16.8 Å². The van der Waals surface area contributed by atoms with Crippen molar-refractivity contribution in [1.29, 1.82) is 5.26 Å². The van der Waals surface area contributed by atoms with E-state index in [4.69, 9.17) is 10.00 Å². The number of aromatic nitrogens is 2. The molecule has 0 radical (unpaired) electrons. The van der Waals surface area contributed by atoms with E-state index < -0.39 is 5.91 Å². The Bertz CT molecular complexity index is 839. The third-order valence-corrected chi connectivity index (χ3v) is 3.62. The van der Waals surface area contributed by atoms with Crippen LogP contribution >= 0.6 is 0 Å². The fraction of sp³-hybridized carbons (Fsp3) is 0.368. The highest BCUT2D eigenvalue weighted by atomic mass is 16.5. The second-order valence-corrected chi connectivity index (χ2v) is 5.73. The molecule has 26 heavy (non-hydrogen) atoms. The van der Waals surface area contributed by atoms with Gasteiger partial charge >= 0.3 is 0 Å². The Morgan fingerprint density at radius 1 is 1.31 bits per heavy atom. The molecule has 0 unspecified atom stereocenters. The van der Waals surface area contributed by atoms with Crippen LogP contribution in [0.3, 0.4) is 0 Å². The number of carbonyl (C=O) groups is 1. The number of nitriles is 1. The molecule has 136 valence electrons. The van der Waals surface area contributed by atoms with Gasteiger partial charge in [-0.05, 0) is 31.0 Å². The van der Waals surface area contributed by atoms with Gasteiger partial charge in [-0.25, -0.2) is 4.68 Å². The maximum atomic E-state index is 12.4. The van der Waals surface area contributed by atoms with Crippen molar-refractivity contribution < 1.29 is 9.53 Å². The predicted octanol–water partition coefficient (Wildman–Crippen LogP) is 2.98. The number of carbonyl (C=O) groups excluding carboxylic acids is 1. The molecule has 1 heterocycles. The zero-order valence-electron chi connectivity index (χ0n) is 14.8. The van der Waals surface area contributed by atoms with Gasteiger partial charge in [-0.15, -0.1) is 0 Å². The Hall–Kier alpha value is -3.14. The zero-order valence-corrected chi connectivity index (χ0v) is 14.8. The summed E-state index contributed by atoms with van der Waals surface area (Å²) in [5.74, 6) is 0.221. The second-order valence-electron chi connectivity index (χ2n) is 5.73. The maximum absolute atomic E-state index is 12.4. The molecule has 1 amide bonds. The van der Waals surface area contributed by atoms with Gasteiger partial charge in [0.2, 0.25) is 0 Å². The van der Waals surface area contributed by atoms with E-state index in [9.17, 15) is 9.59 Å². The smallest absolute Gasteiger partial charge is 0.276 e. The van der Waals surface area contributed by atoms with Crippen LogP contribution in [0.25, 0.3) is 0 Å². The summed E-state index contributed by atoms with van der Waals surface area (Å²) < 4.78 is 6.86. The van der Waals surface area contributed by atoms with Crippen LogP contribution in [0.15, 0.2) is 41.2 Å². The van der Waals surface area contributed by atoms with Crippen molar-refractivity contribution in [3.63, 3.8) is 0 Å². The van der Waals surface area contributed by atoms with Gasteiger partial charge in [-0.2, -0.15) is 10.4 Å². The lowest BCUT2D eigenvalue weighted by atomic mass is 10.2. The summed E-state index contributed by atoms with van der Waals surface area (Å²) in [5.41, 5.74) is 0.532. The number of hydrogen-bond acceptors (Lipinski definition) is 5. The molecule has 1 N–H and O–H groups in total. The fourth-order valence-corrected chi connectivity index (χ4v) is 2.24. The van der Waals surface area contributed by atoms with Crippen molar-refractivity contribution in [1.82, 2.24) is 9.78 Å². The fourth-order valence-electron chi connectivity index (χ4n) is 2.24. The normalized spacial score (nSPS) is 10.2. The second kappa shape index (κ2) is 9.99. The standard InChI is InChI=1S/C19H22N4O3/c1-2-3-12-23-18(24)10-9-17(22-23)19(25)21-15-7-6-8-16(14-15)26-13-5-4-11-20/h6-10,14H,2-5,12-13H2,1H3,(H,21,25). The van der Waals surface area contributed by atoms with Gasteiger partial charge in [0.25, 0.3) is 11.5 Å². The molecule has 0 saturated heterocycles. The molecule has 0 atom stereocenters. The summed E-state index contributed by atoms with van der Waals surface area (Å²) in [5, 5.41) is 15.4. The minimum atomic E-state index is -0.392. The maximum Gasteiger partial charge on any atom is 0.276 e. The summed E-state index contributed by atoms with van der Waals surface area (Å²) in [7, 11) is 0. The van der Waals surface area contributed by atoms with Crippen molar-refractivity contribution >= 4 is 11.6 Å². The van der Waals surface area contributed by atoms with Crippen LogP contribution in [0.5, 0.6) is 5.75 Å². The average molecular weight is 354 g/mol. The van der Waals surface area contributed by atoms with Crippen molar-refractivity contribution in [2.75, 3.05) is 11.9 Å². The molecule has 7 heteroatoms. The molecule has 0 saturated carbocycles. The van der Waals surface area contributed by atoms with Crippen molar-refractivity contribution in [2.24, 2.45) is 0 Å². The molecule has 0 aliphatic carbocycles. The zero-order chi connectivity index (χ0) is 18.8. The first-order chi connectivity index (χ1) is 12.6. The largest absolute Gasteiger partial charge is 0.493 e. The minimum absolute atomic E-state index is 0.182. The molecule has 0 aliphatic rings. The number of nitrogens with one attached hydrogen (secondary N) is 1. The van der Waals surface area contributed by atoms with Gasteiger partial charge in [0.1, 0.15) is 11.4 Å². The first-order valence-corrected chi connectivity index (χ1v) is 8.63. The monoisotopic (exact) mass is 354 g/mol. The first-order valence-electron chi connectivity index (χ1n) is 8.63. The quantitative estimate of drug-likeness (QED) is 0.698. The molecule has 2 aromatic rings. The lowest BCUT2D eigenvalue weighted by Gasteiger charge is -2.09. The molecule has 1 aromatic carbocycles. The molecule has 1 aromatic heterocycles. The Morgan fingerprint density at radius 2 is 2.15 bits per heavy atom. The van der Waals surface area contributed by atoms with E-state index in [2.05, 4.69) is 16.5 Å². The van der Waals surface area contributed by atoms with Gasteiger partial charge in [-0.3, -0.25) is 9.59 Å². The number of nitrogens with zero attached hydrogens (tertiary/aromatic N) is 3. The van der Waals surface area contributed by atoms with E-state index >= 15 is 0 Å². The number of anilines is 1. The lowest BCUT2D eigenvalue weighted by Crippen LogP contribution is -2.26. The Kier molecular flexibility index (Phi) is 7.37. The van der Waals surface area contributed by atoms with E-state index in [-0.39, 0.29) is 11.3 Å². The van der Waals surface area contributed by atoms with Gasteiger partial charge in [-0.1, -0.05) is 19.4 Å². The van der Waals surface area contributed by atoms with Crippen LogP contribution < -0.4 is 15.6 Å². The summed E-state index contributed by atoms with van der Waals surface area (Å²) in [6, 6.07) is 11.8. The highest BCUT2D eigenvalue weighted by molar-refractivity contribution is 6.02. The lowest BCUT2D eigenvalue weighted by molar-refractivity contribution is 0.101. The average Bonchev–Trinajstić information content (AvgIpc) is 2.65. The molecule has 0 spiro atoms. The van der Waals surface area contributed by atoms with Crippen LogP contribution in [0.2, 0.25) is 0 Å². The van der Waals surface area contributed by atoms with E-state index in [1.54, 1.807) is 24.3 Å². The van der Waals surface area contributed by atoms with Crippen molar-refractivity contribution in [3.8, 4) is 11.8 Å². The summed E-state index contributed by atoms with van der Waals surface area (Å²) in [4.78, 5) is 24.2. The van der Waals surface area contributed by atoms with Crippen molar-refractivity contribution in [2.45, 2.75) is 39.2 Å². The topological polar surface area (TPSA) is 97.0 Å². The number of rotatable bonds is 9. The molecule has 2 rings (SSSR count). The highest BCUT2D eigenvalue weighted by Gasteiger charge is 2.10. The predicted molar refractivity (Wildman–Crippen MR) is 98.1 cm³/mol. The van der Waals surface area contributed by atoms with Crippen molar-refractivity contribution in [3.05, 3.63) is 52.4 Å². The van der Waals surface area contributed by atoms with E-state index in [1.807, 2.05) is 6.92 Å². The minimum Gasteiger partial charge on any atom is -0.493 e. The molecule has 0 fully saturated rings. The Balaban J connectivity index is 2.03. The summed E-state index contributed by atoms with van der Waals surface area (Å²) in [6.45, 7) is 2.95. The number of amides is 1. The number of benzene rings is 1. The molecular formula is C19H22N4O3. The van der Waals surface area contributed by atoms with E-state index in [0.717, 1.165) is 12.8 Å². The van der Waals surface area contributed by atoms with Gasteiger partial charge in [0.05, 0.1) is 12.7 Å². The number of ether oxygens (including phenoxy) is 1. The number of hydrogen-bond donors (Lipinski definition) is 1. The van der Waals surface area contributed by atoms with Crippen LogP contribution in [0, 0.1) is 11.3 Å². The molecule has 0 aliphatic heterocycles. The van der Waals surface area contributed by atoms with Crippen LogP contribution in [0.1, 0.15) is 43.1 Å².